The van der Waals surface area contributed by atoms with Gasteiger partial charge in [0.25, 0.3) is 0 Å². The number of hydrogen-bond donors (Lipinski definition) is 0. The van der Waals surface area contributed by atoms with Gasteiger partial charge in [-0.2, -0.15) is 9.78 Å². The van der Waals surface area contributed by atoms with Crippen molar-refractivity contribution in [2.75, 3.05) is 12.5 Å². The van der Waals surface area contributed by atoms with Crippen molar-refractivity contribution >= 4 is 17.5 Å². The first-order chi connectivity index (χ1) is 13.3. The van der Waals surface area contributed by atoms with Crippen molar-refractivity contribution in [1.82, 2.24) is 14.9 Å². The second-order valence-corrected chi connectivity index (χ2v) is 7.54. The zero-order valence-corrected chi connectivity index (χ0v) is 15.7. The molecule has 136 valence electrons. The molecule has 0 radical (unpaired) electrons. The van der Waals surface area contributed by atoms with Crippen molar-refractivity contribution in [3.8, 4) is 11.5 Å². The molecule has 0 amide bonds. The number of thioether (sulfide) groups is 1. The molecule has 6 nitrogen and oxygen atoms in total. The number of rotatable bonds is 4. The molecule has 0 unspecified atom stereocenters. The molecule has 0 bridgehead atoms. The maximum atomic E-state index is 5.46. The van der Waals surface area contributed by atoms with E-state index in [0.717, 1.165) is 52.3 Å². The third-order valence-corrected chi connectivity index (χ3v) is 5.62. The quantitative estimate of drug-likeness (QED) is 0.696. The minimum absolute atomic E-state index is 0.296. The van der Waals surface area contributed by atoms with Gasteiger partial charge in [-0.1, -0.05) is 47.7 Å². The predicted molar refractivity (Wildman–Crippen MR) is 104 cm³/mol. The first kappa shape index (κ1) is 16.4. The van der Waals surface area contributed by atoms with Crippen LogP contribution in [0, 0.1) is 6.92 Å². The molecule has 0 fully saturated rings. The normalized spacial score (nSPS) is 14.8. The van der Waals surface area contributed by atoms with Crippen LogP contribution in [0.3, 0.4) is 0 Å². The van der Waals surface area contributed by atoms with Crippen LogP contribution in [0.25, 0.3) is 0 Å². The standard InChI is InChI=1S/C20H18N4O2S/c1-13-2-6-15(7-3-13)16-11-27-20-22-21-19(24(20)23-16)9-5-14-4-8-17-18(10-14)26-12-25-17/h2-4,6-8,10H,5,9,11-12H2,1H3. The molecule has 0 saturated carbocycles. The summed E-state index contributed by atoms with van der Waals surface area (Å²) in [5.74, 6) is 3.30. The third-order valence-electron chi connectivity index (χ3n) is 4.69. The zero-order chi connectivity index (χ0) is 18.2. The number of nitrogens with zero attached hydrogens (tertiary/aromatic N) is 4. The maximum Gasteiger partial charge on any atom is 0.231 e. The van der Waals surface area contributed by atoms with Crippen molar-refractivity contribution in [1.29, 1.82) is 0 Å². The van der Waals surface area contributed by atoms with Gasteiger partial charge in [0.05, 0.1) is 5.71 Å². The van der Waals surface area contributed by atoms with Gasteiger partial charge in [0, 0.05) is 12.2 Å². The Balaban J connectivity index is 1.37. The van der Waals surface area contributed by atoms with E-state index in [-0.39, 0.29) is 0 Å². The lowest BCUT2D eigenvalue weighted by molar-refractivity contribution is 0.174. The number of hydrogen-bond acceptors (Lipinski definition) is 6. The summed E-state index contributed by atoms with van der Waals surface area (Å²) in [6.07, 6.45) is 1.60. The molecule has 0 spiro atoms. The van der Waals surface area contributed by atoms with Gasteiger partial charge in [-0.25, -0.2) is 0 Å². The van der Waals surface area contributed by atoms with E-state index < -0.39 is 0 Å². The lowest BCUT2D eigenvalue weighted by Gasteiger charge is -2.14. The minimum atomic E-state index is 0.296. The SMILES string of the molecule is Cc1ccc(C2=Nn3c(CCc4ccc5c(c4)OCO5)nnc3SC2)cc1. The fourth-order valence-electron chi connectivity index (χ4n) is 3.16. The highest BCUT2D eigenvalue weighted by atomic mass is 32.2. The van der Waals surface area contributed by atoms with Crippen molar-refractivity contribution in [2.45, 2.75) is 24.9 Å². The van der Waals surface area contributed by atoms with Crippen molar-refractivity contribution in [3.63, 3.8) is 0 Å². The van der Waals surface area contributed by atoms with Gasteiger partial charge < -0.3 is 9.47 Å². The summed E-state index contributed by atoms with van der Waals surface area (Å²) in [4.78, 5) is 0. The van der Waals surface area contributed by atoms with Crippen molar-refractivity contribution in [2.24, 2.45) is 5.10 Å². The van der Waals surface area contributed by atoms with E-state index in [2.05, 4.69) is 47.5 Å². The van der Waals surface area contributed by atoms with Crippen LogP contribution in [0.5, 0.6) is 11.5 Å². The van der Waals surface area contributed by atoms with Gasteiger partial charge in [-0.05, 0) is 36.6 Å². The van der Waals surface area contributed by atoms with Gasteiger partial charge in [-0.3, -0.25) is 0 Å². The van der Waals surface area contributed by atoms with Crippen molar-refractivity contribution in [3.05, 3.63) is 65.0 Å². The summed E-state index contributed by atoms with van der Waals surface area (Å²) in [5, 5.41) is 14.3. The van der Waals surface area contributed by atoms with E-state index in [1.807, 2.05) is 16.8 Å². The number of aromatic nitrogens is 3. The van der Waals surface area contributed by atoms with Crippen LogP contribution in [0.1, 0.15) is 22.5 Å². The summed E-state index contributed by atoms with van der Waals surface area (Å²) in [6.45, 7) is 2.39. The van der Waals surface area contributed by atoms with Gasteiger partial charge in [0.2, 0.25) is 11.9 Å². The number of aryl methyl sites for hydroxylation is 3. The first-order valence-corrected chi connectivity index (χ1v) is 9.85. The fraction of sp³-hybridized carbons (Fsp3) is 0.250. The molecule has 3 aromatic rings. The van der Waals surface area contributed by atoms with Crippen molar-refractivity contribution < 1.29 is 9.47 Å². The van der Waals surface area contributed by atoms with Crippen LogP contribution in [-0.2, 0) is 12.8 Å². The monoisotopic (exact) mass is 378 g/mol. The number of benzene rings is 2. The van der Waals surface area contributed by atoms with Gasteiger partial charge in [0.15, 0.2) is 17.3 Å². The molecule has 0 N–H and O–H groups in total. The largest absolute Gasteiger partial charge is 0.454 e. The van der Waals surface area contributed by atoms with E-state index in [1.54, 1.807) is 11.8 Å². The molecule has 7 heteroatoms. The Morgan fingerprint density at radius 1 is 1.00 bits per heavy atom. The molecule has 1 aromatic heterocycles. The fourth-order valence-corrected chi connectivity index (χ4v) is 4.02. The lowest BCUT2D eigenvalue weighted by atomic mass is 10.1. The molecular weight excluding hydrogens is 360 g/mol. The Kier molecular flexibility index (Phi) is 4.09. The Bertz CT molecular complexity index is 1030. The Morgan fingerprint density at radius 2 is 1.85 bits per heavy atom. The van der Waals surface area contributed by atoms with Crippen LogP contribution in [0.15, 0.2) is 52.7 Å². The molecule has 3 heterocycles. The molecule has 2 aliphatic heterocycles. The first-order valence-electron chi connectivity index (χ1n) is 8.87. The van der Waals surface area contributed by atoms with Crippen LogP contribution in [0.2, 0.25) is 0 Å². The molecule has 5 rings (SSSR count). The van der Waals surface area contributed by atoms with E-state index in [1.165, 1.54) is 11.1 Å². The van der Waals surface area contributed by atoms with E-state index >= 15 is 0 Å². The molecule has 0 atom stereocenters. The highest BCUT2D eigenvalue weighted by Gasteiger charge is 2.20. The van der Waals surface area contributed by atoms with E-state index in [0.29, 0.717) is 6.79 Å². The maximum absolute atomic E-state index is 5.46. The second kappa shape index (κ2) is 6.74. The molecular formula is C20H18N4O2S. The third kappa shape index (κ3) is 3.19. The van der Waals surface area contributed by atoms with Crippen LogP contribution >= 0.6 is 11.8 Å². The Hall–Kier alpha value is -2.80. The highest BCUT2D eigenvalue weighted by molar-refractivity contribution is 7.99. The summed E-state index contributed by atoms with van der Waals surface area (Å²) in [7, 11) is 0. The molecule has 2 aromatic carbocycles. The lowest BCUT2D eigenvalue weighted by Crippen LogP contribution is -2.15. The predicted octanol–water partition coefficient (Wildman–Crippen LogP) is 3.46. The summed E-state index contributed by atoms with van der Waals surface area (Å²) < 4.78 is 12.7. The van der Waals surface area contributed by atoms with Gasteiger partial charge >= 0.3 is 0 Å². The average molecular weight is 378 g/mol. The van der Waals surface area contributed by atoms with Crippen LogP contribution in [0.4, 0.5) is 0 Å². The molecule has 0 aliphatic carbocycles. The topological polar surface area (TPSA) is 61.5 Å². The highest BCUT2D eigenvalue weighted by Crippen LogP contribution is 2.33. The number of fused-ring (bicyclic) bond motifs is 2. The Labute approximate surface area is 161 Å². The van der Waals surface area contributed by atoms with E-state index in [4.69, 9.17) is 14.6 Å². The zero-order valence-electron chi connectivity index (χ0n) is 14.9. The average Bonchev–Trinajstić information content (AvgIpc) is 3.33. The smallest absolute Gasteiger partial charge is 0.231 e. The summed E-state index contributed by atoms with van der Waals surface area (Å²) in [5.41, 5.74) is 4.63. The molecule has 27 heavy (non-hydrogen) atoms. The molecule has 0 saturated heterocycles. The number of ether oxygens (including phenoxy) is 2. The van der Waals surface area contributed by atoms with E-state index in [9.17, 15) is 0 Å². The minimum Gasteiger partial charge on any atom is -0.454 e. The second-order valence-electron chi connectivity index (χ2n) is 6.60. The van der Waals surface area contributed by atoms with Crippen LogP contribution < -0.4 is 9.47 Å². The molecule has 2 aliphatic rings. The van der Waals surface area contributed by atoms with Gasteiger partial charge in [0.1, 0.15) is 0 Å². The Morgan fingerprint density at radius 3 is 2.74 bits per heavy atom. The van der Waals surface area contributed by atoms with Gasteiger partial charge in [-0.15, -0.1) is 10.2 Å². The van der Waals surface area contributed by atoms with Crippen LogP contribution in [-0.4, -0.2) is 33.1 Å². The summed E-state index contributed by atoms with van der Waals surface area (Å²) in [6, 6.07) is 14.5. The summed E-state index contributed by atoms with van der Waals surface area (Å²) >= 11 is 1.68.